The number of rotatable bonds is 5. The maximum absolute atomic E-state index is 12.3. The Kier molecular flexibility index (Phi) is 4.46. The molecule has 0 spiro atoms. The molecule has 1 saturated heterocycles. The van der Waals surface area contributed by atoms with Gasteiger partial charge in [0.2, 0.25) is 5.91 Å². The van der Waals surface area contributed by atoms with E-state index in [4.69, 9.17) is 0 Å². The fraction of sp³-hybridized carbons (Fsp3) is 0.333. The van der Waals surface area contributed by atoms with Crippen molar-refractivity contribution in [2.75, 3.05) is 5.75 Å². The Morgan fingerprint density at radius 2 is 2.17 bits per heavy atom. The summed E-state index contributed by atoms with van der Waals surface area (Å²) in [6.45, 7) is 1.28. The summed E-state index contributed by atoms with van der Waals surface area (Å²) in [5.41, 5.74) is -0.138. The Labute approximate surface area is 145 Å². The second kappa shape index (κ2) is 6.40. The van der Waals surface area contributed by atoms with Crippen molar-refractivity contribution in [2.24, 2.45) is 0 Å². The molecule has 0 aliphatic carbocycles. The summed E-state index contributed by atoms with van der Waals surface area (Å²) in [7, 11) is 0. The van der Waals surface area contributed by atoms with Crippen LogP contribution in [0.1, 0.15) is 11.8 Å². The van der Waals surface area contributed by atoms with Gasteiger partial charge in [-0.1, -0.05) is 6.07 Å². The molecular weight excluding hydrogens is 352 g/mol. The zero-order chi connectivity index (χ0) is 17.4. The highest BCUT2D eigenvalue weighted by Crippen LogP contribution is 2.40. The molecular formula is C15H14N2O5S2. The summed E-state index contributed by atoms with van der Waals surface area (Å²) in [5, 5.41) is 13.4. The summed E-state index contributed by atoms with van der Waals surface area (Å²) in [6.07, 6.45) is 0.180. The number of carboxylic acids is 1. The van der Waals surface area contributed by atoms with Crippen LogP contribution in [0.4, 0.5) is 0 Å². The van der Waals surface area contributed by atoms with Gasteiger partial charge in [-0.2, -0.15) is 0 Å². The van der Waals surface area contributed by atoms with Gasteiger partial charge in [0.1, 0.15) is 17.1 Å². The number of thioether (sulfide) groups is 1. The van der Waals surface area contributed by atoms with E-state index in [9.17, 15) is 24.3 Å². The van der Waals surface area contributed by atoms with Crippen molar-refractivity contribution < 1.29 is 24.3 Å². The van der Waals surface area contributed by atoms with Crippen LogP contribution in [0, 0.1) is 0 Å². The topological polar surface area (TPSA) is 104 Å². The summed E-state index contributed by atoms with van der Waals surface area (Å²) >= 11 is 2.73. The molecule has 2 aliphatic rings. The van der Waals surface area contributed by atoms with Crippen molar-refractivity contribution in [3.05, 3.63) is 33.7 Å². The highest BCUT2D eigenvalue weighted by atomic mass is 32.2. The van der Waals surface area contributed by atoms with Crippen molar-refractivity contribution in [3.8, 4) is 0 Å². The molecule has 0 radical (unpaired) electrons. The third-order valence-electron chi connectivity index (χ3n) is 3.83. The molecule has 1 aromatic rings. The molecule has 24 heavy (non-hydrogen) atoms. The first kappa shape index (κ1) is 16.7. The van der Waals surface area contributed by atoms with Gasteiger partial charge >= 0.3 is 5.97 Å². The van der Waals surface area contributed by atoms with Crippen LogP contribution in [0.25, 0.3) is 0 Å². The summed E-state index contributed by atoms with van der Waals surface area (Å²) in [4.78, 5) is 49.4. The minimum Gasteiger partial charge on any atom is -0.477 e. The highest BCUT2D eigenvalue weighted by molar-refractivity contribution is 8.00. The molecule has 2 N–H and O–H groups in total. The third-order valence-corrected chi connectivity index (χ3v) is 5.98. The summed E-state index contributed by atoms with van der Waals surface area (Å²) < 4.78 is 0. The number of ketones is 1. The van der Waals surface area contributed by atoms with Crippen LogP contribution in [0.15, 0.2) is 28.8 Å². The zero-order valence-electron chi connectivity index (χ0n) is 12.6. The Morgan fingerprint density at radius 1 is 1.42 bits per heavy atom. The van der Waals surface area contributed by atoms with Crippen LogP contribution in [0.5, 0.6) is 0 Å². The van der Waals surface area contributed by atoms with Gasteiger partial charge in [-0.15, -0.1) is 23.1 Å². The van der Waals surface area contributed by atoms with E-state index in [0.717, 1.165) is 9.78 Å². The molecule has 2 amide bonds. The van der Waals surface area contributed by atoms with E-state index in [1.54, 1.807) is 0 Å². The largest absolute Gasteiger partial charge is 0.477 e. The zero-order valence-corrected chi connectivity index (χ0v) is 14.3. The lowest BCUT2D eigenvalue weighted by molar-refractivity contribution is -0.150. The number of amides is 2. The monoisotopic (exact) mass is 366 g/mol. The van der Waals surface area contributed by atoms with Crippen molar-refractivity contribution in [1.29, 1.82) is 0 Å². The molecule has 1 fully saturated rings. The van der Waals surface area contributed by atoms with E-state index in [1.807, 2.05) is 17.5 Å². The fourth-order valence-electron chi connectivity index (χ4n) is 2.68. The molecule has 7 nitrogen and oxygen atoms in total. The highest BCUT2D eigenvalue weighted by Gasteiger charge is 2.54. The molecule has 2 aliphatic heterocycles. The number of aliphatic carboxylic acids is 1. The van der Waals surface area contributed by atoms with E-state index >= 15 is 0 Å². The van der Waals surface area contributed by atoms with Gasteiger partial charge in [0.15, 0.2) is 5.78 Å². The average molecular weight is 366 g/mol. The average Bonchev–Trinajstić information content (AvgIpc) is 3.03. The number of β-lactam (4-membered cyclic amide) rings is 1. The van der Waals surface area contributed by atoms with E-state index in [0.29, 0.717) is 0 Å². The van der Waals surface area contributed by atoms with Crippen molar-refractivity contribution in [1.82, 2.24) is 10.2 Å². The first-order valence-corrected chi connectivity index (χ1v) is 9.06. The molecule has 2 atom stereocenters. The van der Waals surface area contributed by atoms with Gasteiger partial charge in [-0.3, -0.25) is 19.3 Å². The van der Waals surface area contributed by atoms with Crippen LogP contribution in [-0.4, -0.2) is 50.7 Å². The number of fused-ring (bicyclic) bond motifs is 1. The molecule has 1 unspecified atom stereocenters. The Hall–Kier alpha value is -2.13. The normalized spacial score (nSPS) is 22.7. The molecule has 3 heterocycles. The fourth-order valence-corrected chi connectivity index (χ4v) is 4.80. The second-order valence-corrected chi connectivity index (χ2v) is 7.54. The number of nitrogens with zero attached hydrogens (tertiary/aromatic N) is 1. The second-order valence-electron chi connectivity index (χ2n) is 5.40. The van der Waals surface area contributed by atoms with Crippen LogP contribution in [0.2, 0.25) is 0 Å². The molecule has 3 rings (SSSR count). The summed E-state index contributed by atoms with van der Waals surface area (Å²) in [5.74, 6) is -2.24. The maximum atomic E-state index is 12.3. The first-order valence-electron chi connectivity index (χ1n) is 7.14. The van der Waals surface area contributed by atoms with Crippen LogP contribution in [0.3, 0.4) is 0 Å². The van der Waals surface area contributed by atoms with Gasteiger partial charge < -0.3 is 10.4 Å². The lowest BCUT2D eigenvalue weighted by Gasteiger charge is -2.49. The van der Waals surface area contributed by atoms with Crippen molar-refractivity contribution >= 4 is 46.7 Å². The minimum absolute atomic E-state index is 0.125. The number of carbonyl (C=O) groups excluding carboxylic acids is 3. The van der Waals surface area contributed by atoms with E-state index in [-0.39, 0.29) is 35.1 Å². The molecule has 126 valence electrons. The Morgan fingerprint density at radius 3 is 2.75 bits per heavy atom. The SMILES string of the molecule is CC(=O)C1=C(C(=O)O)N2C(=O)C(NC(=O)Cc3cccs3)[C@H]2SC1. The Balaban J connectivity index is 1.73. The van der Waals surface area contributed by atoms with E-state index < -0.39 is 23.3 Å². The van der Waals surface area contributed by atoms with Crippen LogP contribution in [-0.2, 0) is 25.6 Å². The van der Waals surface area contributed by atoms with Crippen molar-refractivity contribution in [3.63, 3.8) is 0 Å². The molecule has 0 aromatic carbocycles. The lowest BCUT2D eigenvalue weighted by atomic mass is 10.0. The van der Waals surface area contributed by atoms with Gasteiger partial charge in [0.25, 0.3) is 5.91 Å². The number of hydrogen-bond donors (Lipinski definition) is 2. The molecule has 1 aromatic heterocycles. The van der Waals surface area contributed by atoms with Gasteiger partial charge in [-0.25, -0.2) is 4.79 Å². The van der Waals surface area contributed by atoms with Gasteiger partial charge in [0, 0.05) is 16.2 Å². The maximum Gasteiger partial charge on any atom is 0.353 e. The smallest absolute Gasteiger partial charge is 0.353 e. The van der Waals surface area contributed by atoms with E-state index in [2.05, 4.69) is 5.32 Å². The van der Waals surface area contributed by atoms with Crippen LogP contribution < -0.4 is 5.32 Å². The predicted molar refractivity (Wildman–Crippen MR) is 88.4 cm³/mol. The number of thiophene rings is 1. The number of hydrogen-bond acceptors (Lipinski definition) is 6. The van der Waals surface area contributed by atoms with E-state index in [1.165, 1.54) is 30.0 Å². The van der Waals surface area contributed by atoms with Crippen molar-refractivity contribution in [2.45, 2.75) is 24.8 Å². The molecule has 0 bridgehead atoms. The van der Waals surface area contributed by atoms with Crippen LogP contribution >= 0.6 is 23.1 Å². The quantitative estimate of drug-likeness (QED) is 0.741. The number of carbonyl (C=O) groups is 4. The number of carboxylic acid groups (broad SMARTS) is 1. The first-order chi connectivity index (χ1) is 11.4. The van der Waals surface area contributed by atoms with Gasteiger partial charge in [0.05, 0.1) is 6.42 Å². The predicted octanol–water partition coefficient (Wildman–Crippen LogP) is 0.618. The Bertz CT molecular complexity index is 756. The minimum atomic E-state index is -1.30. The lowest BCUT2D eigenvalue weighted by Crippen LogP contribution is -2.70. The standard InChI is InChI=1S/C15H14N2O5S2/c1-7(18)9-6-24-14-11(13(20)17(14)12(9)15(21)22)16-10(19)5-8-3-2-4-23-8/h2-4,11,14H,5-6H2,1H3,(H,16,19)(H,21,22)/t11?,14-/m1/s1. The third kappa shape index (κ3) is 2.84. The summed E-state index contributed by atoms with van der Waals surface area (Å²) in [6, 6.07) is 2.91. The molecule has 9 heteroatoms. The molecule has 0 saturated carbocycles. The van der Waals surface area contributed by atoms with Gasteiger partial charge in [-0.05, 0) is 18.4 Å². The number of nitrogens with one attached hydrogen (secondary N) is 1. The number of Topliss-reactive ketones (excluding diaryl/α,β-unsaturated/α-hetero) is 1.